The van der Waals surface area contributed by atoms with Crippen molar-refractivity contribution in [3.8, 4) is 0 Å². The van der Waals surface area contributed by atoms with Gasteiger partial charge < -0.3 is 14.7 Å². The van der Waals surface area contributed by atoms with Gasteiger partial charge in [0.15, 0.2) is 0 Å². The van der Waals surface area contributed by atoms with Crippen molar-refractivity contribution in [2.45, 2.75) is 33.2 Å². The molecule has 0 aliphatic carbocycles. The van der Waals surface area contributed by atoms with Gasteiger partial charge in [-0.25, -0.2) is 9.97 Å². The highest BCUT2D eigenvalue weighted by Gasteiger charge is 2.30. The molecule has 0 saturated carbocycles. The first-order valence-electron chi connectivity index (χ1n) is 11.4. The first-order chi connectivity index (χ1) is 15.4. The van der Waals surface area contributed by atoms with Crippen LogP contribution in [0.25, 0.3) is 10.2 Å². The lowest BCUT2D eigenvalue weighted by molar-refractivity contribution is -0.137. The van der Waals surface area contributed by atoms with Gasteiger partial charge in [0.2, 0.25) is 5.91 Å². The lowest BCUT2D eigenvalue weighted by atomic mass is 9.94. The highest BCUT2D eigenvalue weighted by Crippen LogP contribution is 2.35. The Morgan fingerprint density at radius 1 is 1.09 bits per heavy atom. The molecule has 1 aromatic carbocycles. The summed E-state index contributed by atoms with van der Waals surface area (Å²) in [5.41, 5.74) is 2.46. The molecule has 170 valence electrons. The van der Waals surface area contributed by atoms with E-state index < -0.39 is 0 Å². The molecule has 0 N–H and O–H groups in total. The first kappa shape index (κ1) is 22.7. The molecule has 1 fully saturated rings. The van der Waals surface area contributed by atoms with Crippen LogP contribution in [0.4, 0.5) is 5.82 Å². The smallest absolute Gasteiger partial charge is 0.226 e. The number of amides is 1. The molecule has 2 aromatic heterocycles. The number of piperidine rings is 1. The molecule has 0 atom stereocenters. The van der Waals surface area contributed by atoms with E-state index in [4.69, 9.17) is 0 Å². The second kappa shape index (κ2) is 9.96. The fourth-order valence-electron chi connectivity index (χ4n) is 4.39. The minimum absolute atomic E-state index is 0.0692. The Morgan fingerprint density at radius 3 is 2.50 bits per heavy atom. The Hall–Kier alpha value is -2.51. The Morgan fingerprint density at radius 2 is 1.81 bits per heavy atom. The number of hydrogen-bond donors (Lipinski definition) is 0. The molecular weight excluding hydrogens is 418 g/mol. The summed E-state index contributed by atoms with van der Waals surface area (Å²) < 4.78 is 0. The maximum absolute atomic E-state index is 13.5. The molecule has 4 rings (SSSR count). The third-order valence-electron chi connectivity index (χ3n) is 6.43. The van der Waals surface area contributed by atoms with Gasteiger partial charge in [-0.05, 0) is 51.9 Å². The van der Waals surface area contributed by atoms with E-state index in [1.165, 1.54) is 21.4 Å². The summed E-state index contributed by atoms with van der Waals surface area (Å²) in [7, 11) is 4.11. The number of nitrogens with zero attached hydrogens (tertiary/aromatic N) is 5. The van der Waals surface area contributed by atoms with E-state index in [0.29, 0.717) is 6.54 Å². The van der Waals surface area contributed by atoms with E-state index >= 15 is 0 Å². The zero-order valence-corrected chi connectivity index (χ0v) is 20.4. The minimum atomic E-state index is 0.0692. The van der Waals surface area contributed by atoms with Crippen LogP contribution in [0, 0.1) is 19.8 Å². The van der Waals surface area contributed by atoms with E-state index in [9.17, 15) is 4.79 Å². The molecule has 32 heavy (non-hydrogen) atoms. The number of likely N-dealkylation sites (N-methyl/N-ethyl adjacent to an activating group) is 1. The van der Waals surface area contributed by atoms with Crippen LogP contribution in [0.2, 0.25) is 0 Å². The summed E-state index contributed by atoms with van der Waals surface area (Å²) in [6.07, 6.45) is 3.40. The molecule has 0 radical (unpaired) electrons. The van der Waals surface area contributed by atoms with E-state index in [-0.39, 0.29) is 11.8 Å². The zero-order valence-electron chi connectivity index (χ0n) is 19.5. The van der Waals surface area contributed by atoms with Crippen molar-refractivity contribution < 1.29 is 4.79 Å². The van der Waals surface area contributed by atoms with Crippen molar-refractivity contribution in [2.75, 3.05) is 45.2 Å². The van der Waals surface area contributed by atoms with Crippen LogP contribution in [-0.2, 0) is 11.3 Å². The molecule has 7 heteroatoms. The van der Waals surface area contributed by atoms with Crippen LogP contribution in [0.15, 0.2) is 36.7 Å². The quantitative estimate of drug-likeness (QED) is 0.541. The fraction of sp³-hybridized carbons (Fsp3) is 0.480. The number of fused-ring (bicyclic) bond motifs is 1. The van der Waals surface area contributed by atoms with Gasteiger partial charge >= 0.3 is 0 Å². The summed E-state index contributed by atoms with van der Waals surface area (Å²) in [4.78, 5) is 31.5. The number of aromatic nitrogens is 2. The molecule has 0 bridgehead atoms. The van der Waals surface area contributed by atoms with Crippen LogP contribution in [-0.4, -0.2) is 65.9 Å². The number of carbonyl (C=O) groups excluding carboxylic acids is 1. The Labute approximate surface area is 194 Å². The van der Waals surface area contributed by atoms with Crippen molar-refractivity contribution >= 4 is 33.3 Å². The van der Waals surface area contributed by atoms with E-state index in [1.807, 2.05) is 23.1 Å². The number of carbonyl (C=O) groups is 1. The maximum Gasteiger partial charge on any atom is 0.226 e. The molecule has 3 heterocycles. The summed E-state index contributed by atoms with van der Waals surface area (Å²) in [5.74, 6) is 1.38. The molecule has 3 aromatic rings. The van der Waals surface area contributed by atoms with Gasteiger partial charge in [0, 0.05) is 43.5 Å². The topological polar surface area (TPSA) is 52.6 Å². The Balaban J connectivity index is 1.45. The normalized spacial score (nSPS) is 15.0. The molecule has 6 nitrogen and oxygen atoms in total. The van der Waals surface area contributed by atoms with Gasteiger partial charge in [-0.15, -0.1) is 11.3 Å². The van der Waals surface area contributed by atoms with Crippen LogP contribution in [0.3, 0.4) is 0 Å². The second-order valence-corrected chi connectivity index (χ2v) is 10.2. The van der Waals surface area contributed by atoms with Crippen molar-refractivity contribution in [1.82, 2.24) is 19.8 Å². The standard InChI is InChI=1S/C25H33N5OS/c1-18-19(2)32-24-22(18)23(26-17-27-24)29-12-10-21(11-13-29)25(31)30(15-14-28(3)4)16-20-8-6-5-7-9-20/h5-9,17,21H,10-16H2,1-4H3. The van der Waals surface area contributed by atoms with Gasteiger partial charge in [-0.1, -0.05) is 30.3 Å². The summed E-state index contributed by atoms with van der Waals surface area (Å²) in [6, 6.07) is 10.3. The first-order valence-corrected chi connectivity index (χ1v) is 12.2. The van der Waals surface area contributed by atoms with Gasteiger partial charge in [-0.2, -0.15) is 0 Å². The number of thiophene rings is 1. The van der Waals surface area contributed by atoms with Crippen LogP contribution in [0.5, 0.6) is 0 Å². The highest BCUT2D eigenvalue weighted by molar-refractivity contribution is 7.18. The molecule has 0 spiro atoms. The third-order valence-corrected chi connectivity index (χ3v) is 7.55. The van der Waals surface area contributed by atoms with Gasteiger partial charge in [-0.3, -0.25) is 4.79 Å². The summed E-state index contributed by atoms with van der Waals surface area (Å²) in [6.45, 7) is 8.30. The number of rotatable bonds is 7. The number of hydrogen-bond acceptors (Lipinski definition) is 6. The molecule has 1 amide bonds. The highest BCUT2D eigenvalue weighted by atomic mass is 32.1. The van der Waals surface area contributed by atoms with Crippen LogP contribution >= 0.6 is 11.3 Å². The van der Waals surface area contributed by atoms with Crippen molar-refractivity contribution in [2.24, 2.45) is 5.92 Å². The Kier molecular flexibility index (Phi) is 7.06. The van der Waals surface area contributed by atoms with Crippen molar-refractivity contribution in [3.63, 3.8) is 0 Å². The predicted molar refractivity (Wildman–Crippen MR) is 132 cm³/mol. The van der Waals surface area contributed by atoms with Gasteiger partial charge in [0.05, 0.1) is 5.39 Å². The number of anilines is 1. The fourth-order valence-corrected chi connectivity index (χ4v) is 5.38. The SMILES string of the molecule is Cc1sc2ncnc(N3CCC(C(=O)N(CCN(C)C)Cc4ccccc4)CC3)c2c1C. The van der Waals surface area contributed by atoms with Crippen molar-refractivity contribution in [1.29, 1.82) is 0 Å². The lowest BCUT2D eigenvalue weighted by Crippen LogP contribution is -2.44. The average Bonchev–Trinajstić information content (AvgIpc) is 3.10. The molecule has 0 unspecified atom stereocenters. The molecule has 1 aliphatic rings. The van der Waals surface area contributed by atoms with E-state index in [2.05, 4.69) is 59.8 Å². The number of benzene rings is 1. The average molecular weight is 452 g/mol. The second-order valence-electron chi connectivity index (χ2n) is 8.97. The summed E-state index contributed by atoms with van der Waals surface area (Å²) in [5, 5.41) is 1.18. The zero-order chi connectivity index (χ0) is 22.7. The largest absolute Gasteiger partial charge is 0.356 e. The van der Waals surface area contributed by atoms with Gasteiger partial charge in [0.1, 0.15) is 17.0 Å². The monoisotopic (exact) mass is 451 g/mol. The predicted octanol–water partition coefficient (Wildman–Crippen LogP) is 4.11. The van der Waals surface area contributed by atoms with E-state index in [0.717, 1.165) is 49.7 Å². The van der Waals surface area contributed by atoms with Gasteiger partial charge in [0.25, 0.3) is 0 Å². The minimum Gasteiger partial charge on any atom is -0.356 e. The molecule has 1 saturated heterocycles. The van der Waals surface area contributed by atoms with Crippen LogP contribution < -0.4 is 4.90 Å². The lowest BCUT2D eigenvalue weighted by Gasteiger charge is -2.35. The summed E-state index contributed by atoms with van der Waals surface area (Å²) >= 11 is 1.73. The molecular formula is C25H33N5OS. The third kappa shape index (κ3) is 4.94. The maximum atomic E-state index is 13.5. The van der Waals surface area contributed by atoms with Crippen molar-refractivity contribution in [3.05, 3.63) is 52.7 Å². The van der Waals surface area contributed by atoms with E-state index in [1.54, 1.807) is 17.7 Å². The molecule has 1 aliphatic heterocycles. The number of aryl methyl sites for hydroxylation is 2. The Bertz CT molecular complexity index is 1060. The van der Waals surface area contributed by atoms with Crippen LogP contribution in [0.1, 0.15) is 28.8 Å².